The summed E-state index contributed by atoms with van der Waals surface area (Å²) in [4.78, 5) is 5.46. The summed E-state index contributed by atoms with van der Waals surface area (Å²) in [5.74, 6) is 2.51. The van der Waals surface area contributed by atoms with Crippen LogP contribution in [0.15, 0.2) is 71.4 Å². The number of rotatable bonds is 10. The molecule has 0 bridgehead atoms. The summed E-state index contributed by atoms with van der Waals surface area (Å²) in [5, 5.41) is 12.8. The van der Waals surface area contributed by atoms with Crippen molar-refractivity contribution in [3.63, 3.8) is 0 Å². The van der Waals surface area contributed by atoms with E-state index in [-0.39, 0.29) is 27.9 Å². The van der Waals surface area contributed by atoms with Gasteiger partial charge in [-0.2, -0.15) is 11.0 Å². The van der Waals surface area contributed by atoms with Gasteiger partial charge in [0.25, 0.3) is 0 Å². The van der Waals surface area contributed by atoms with Gasteiger partial charge in [0.05, 0.1) is 11.8 Å². The molecule has 4 nitrogen and oxygen atoms in total. The Hall–Kier alpha value is -3.32. The van der Waals surface area contributed by atoms with Crippen molar-refractivity contribution < 1.29 is 17.1 Å². The summed E-state index contributed by atoms with van der Waals surface area (Å²) in [6.45, 7) is 41.6. The van der Waals surface area contributed by atoms with Gasteiger partial charge in [-0.25, -0.2) is 0 Å². The van der Waals surface area contributed by atoms with Gasteiger partial charge in [0.2, 0.25) is 0 Å². The van der Waals surface area contributed by atoms with E-state index in [1.54, 1.807) is 6.07 Å². The van der Waals surface area contributed by atoms with Gasteiger partial charge >= 0.3 is 17.1 Å². The zero-order valence-electron chi connectivity index (χ0n) is 37.4. The molecule has 0 unspecified atom stereocenters. The molecule has 54 heavy (non-hydrogen) atoms. The van der Waals surface area contributed by atoms with Crippen LogP contribution in [0.25, 0.3) is 11.1 Å². The third-order valence-corrected chi connectivity index (χ3v) is 9.33. The van der Waals surface area contributed by atoms with Crippen LogP contribution in [0.5, 0.6) is 0 Å². The molecule has 3 aromatic carbocycles. The quantitative estimate of drug-likeness (QED) is 0.149. The van der Waals surface area contributed by atoms with Crippen molar-refractivity contribution in [2.45, 2.75) is 167 Å². The average molecular weight is 775 g/mol. The molecule has 3 rings (SSSR count). The molecule has 5 heteroatoms. The van der Waals surface area contributed by atoms with Crippen LogP contribution in [-0.2, 0) is 17.1 Å². The van der Waals surface area contributed by atoms with Gasteiger partial charge in [-0.05, 0) is 52.0 Å². The van der Waals surface area contributed by atoms with Crippen LogP contribution in [0.2, 0.25) is 0 Å². The van der Waals surface area contributed by atoms with E-state index in [1.165, 1.54) is 29.2 Å². The molecule has 0 fully saturated rings. The molecule has 0 saturated heterocycles. The van der Waals surface area contributed by atoms with Crippen molar-refractivity contribution in [3.05, 3.63) is 111 Å². The van der Waals surface area contributed by atoms with Crippen molar-refractivity contribution in [1.29, 1.82) is 5.26 Å². The molecule has 0 aliphatic heterocycles. The normalized spacial score (nSPS) is 12.4. The maximum absolute atomic E-state index is 8.01. The minimum absolute atomic E-state index is 0. The summed E-state index contributed by atoms with van der Waals surface area (Å²) in [6, 6.07) is 21.2. The number of nitriles is 1. The molecule has 0 atom stereocenters. The summed E-state index contributed by atoms with van der Waals surface area (Å²) < 4.78 is 0. The zero-order chi connectivity index (χ0) is 41.0. The number of benzene rings is 3. The first kappa shape index (κ1) is 50.7. The molecule has 3 aromatic rings. The number of aliphatic imine (C=N–C) groups is 1. The fourth-order valence-electron chi connectivity index (χ4n) is 6.04. The number of hydrogen-bond donors (Lipinski definition) is 0. The molecule has 0 heterocycles. The van der Waals surface area contributed by atoms with E-state index >= 15 is 0 Å². The minimum atomic E-state index is -0.136. The van der Waals surface area contributed by atoms with Crippen LogP contribution in [-0.4, -0.2) is 5.71 Å². The van der Waals surface area contributed by atoms with Crippen molar-refractivity contribution in [3.8, 4) is 6.07 Å². The fraction of sp³-hybridized carbons (Fsp3) is 0.551. The summed E-state index contributed by atoms with van der Waals surface area (Å²) >= 11 is 0. The van der Waals surface area contributed by atoms with E-state index in [9.17, 15) is 0 Å². The fourth-order valence-corrected chi connectivity index (χ4v) is 6.04. The second-order valence-corrected chi connectivity index (χ2v) is 18.2. The Labute approximate surface area is 343 Å². The van der Waals surface area contributed by atoms with E-state index in [0.29, 0.717) is 35.5 Å². The third-order valence-electron chi connectivity index (χ3n) is 9.33. The zero-order valence-corrected chi connectivity index (χ0v) is 38.5. The Bertz CT molecular complexity index is 1620. The van der Waals surface area contributed by atoms with Gasteiger partial charge in [0.1, 0.15) is 0 Å². The molecule has 298 valence electrons. The maximum Gasteiger partial charge on any atom is 2.00 e. The van der Waals surface area contributed by atoms with Crippen molar-refractivity contribution in [2.24, 2.45) is 15.8 Å². The number of hydrogen-bond acceptors (Lipinski definition) is 2. The van der Waals surface area contributed by atoms with Gasteiger partial charge in [-0.3, -0.25) is 4.99 Å². The standard InChI is InChI=1S/C35H53N2.C12H18N.C2H3N.Fe/c1-22(2)26-17-15-18-27(23(3)4)32(26)36-30(34(9,10)11)21-31(35(12,13)14)37-33-28(24(5)6)19-16-20-29(33)25(7)8;1-8(2)10-6-5-7-11(9(3)4)12(10)13;1-2-3;/h15-25H,1-14H3;5-9,13H,1-4H3;1H3;/q2*-1;;+2/b30-21-,37-31?;;;. The molecular formula is C49H74FeN4. The van der Waals surface area contributed by atoms with Crippen LogP contribution >= 0.6 is 0 Å². The first-order valence-electron chi connectivity index (χ1n) is 19.8. The van der Waals surface area contributed by atoms with Gasteiger partial charge in [0.15, 0.2) is 0 Å². The van der Waals surface area contributed by atoms with Crippen LogP contribution in [0.4, 0.5) is 17.1 Å². The molecule has 0 aromatic heterocycles. The van der Waals surface area contributed by atoms with E-state index in [1.807, 2.05) is 0 Å². The Morgan fingerprint density at radius 2 is 0.889 bits per heavy atom. The maximum atomic E-state index is 8.01. The van der Waals surface area contributed by atoms with Crippen molar-refractivity contribution >= 4 is 22.8 Å². The van der Waals surface area contributed by atoms with E-state index < -0.39 is 0 Å². The molecule has 0 spiro atoms. The van der Waals surface area contributed by atoms with E-state index in [4.69, 9.17) is 21.3 Å². The summed E-state index contributed by atoms with van der Waals surface area (Å²) in [7, 11) is 0. The number of allylic oxidation sites excluding steroid dienone is 2. The first-order chi connectivity index (χ1) is 24.4. The van der Waals surface area contributed by atoms with Crippen LogP contribution in [0.1, 0.15) is 200 Å². The van der Waals surface area contributed by atoms with Gasteiger partial charge in [-0.1, -0.05) is 208 Å². The number of para-hydroxylation sites is 2. The smallest absolute Gasteiger partial charge is 0.698 e. The number of nitrogens with zero attached hydrogens (tertiary/aromatic N) is 3. The summed E-state index contributed by atoms with van der Waals surface area (Å²) in [5.41, 5.74) is 20.4. The van der Waals surface area contributed by atoms with Crippen LogP contribution in [0.3, 0.4) is 0 Å². The topological polar surface area (TPSA) is 74.0 Å². The molecule has 0 amide bonds. The third kappa shape index (κ3) is 14.7. The molecule has 0 saturated carbocycles. The minimum Gasteiger partial charge on any atom is -0.698 e. The Morgan fingerprint density at radius 3 is 1.17 bits per heavy atom. The Balaban J connectivity index is 0.00000137. The van der Waals surface area contributed by atoms with Crippen LogP contribution in [0, 0.1) is 22.2 Å². The molecular weight excluding hydrogens is 700 g/mol. The van der Waals surface area contributed by atoms with Gasteiger partial charge in [-0.15, -0.1) is 11.4 Å². The first-order valence-corrected chi connectivity index (χ1v) is 19.8. The SMILES string of the molecule is CC#N.CC(C)c1cccc(C(C)C)c1N=C(/C=C(\[N-]c1c(C(C)C)cccc1C(C)C)C(C)(C)C)C(C)(C)C.CC(C)c1cccc(C(C)C)c1[NH-].[Fe+2]. The second-order valence-electron chi connectivity index (χ2n) is 18.2. The van der Waals surface area contributed by atoms with Crippen molar-refractivity contribution in [1.82, 2.24) is 0 Å². The Kier molecular flexibility index (Phi) is 20.9. The predicted octanol–water partition coefficient (Wildman–Crippen LogP) is 17.1. The summed E-state index contributed by atoms with van der Waals surface area (Å²) in [6.07, 6.45) is 2.28. The number of nitrogens with one attached hydrogen (secondary N) is 1. The predicted molar refractivity (Wildman–Crippen MR) is 236 cm³/mol. The van der Waals surface area contributed by atoms with E-state index in [0.717, 1.165) is 39.6 Å². The van der Waals surface area contributed by atoms with Crippen LogP contribution < -0.4 is 0 Å². The van der Waals surface area contributed by atoms with Gasteiger partial charge in [0, 0.05) is 18.1 Å². The largest absolute Gasteiger partial charge is 2.00 e. The molecule has 0 aliphatic rings. The van der Waals surface area contributed by atoms with Crippen molar-refractivity contribution in [2.75, 3.05) is 0 Å². The van der Waals surface area contributed by atoms with E-state index in [2.05, 4.69) is 185 Å². The Morgan fingerprint density at radius 1 is 0.593 bits per heavy atom. The second kappa shape index (κ2) is 22.3. The van der Waals surface area contributed by atoms with Gasteiger partial charge < -0.3 is 11.1 Å². The average Bonchev–Trinajstić information content (AvgIpc) is 3.03. The molecule has 0 aliphatic carbocycles. The molecule has 0 radical (unpaired) electrons. The monoisotopic (exact) mass is 775 g/mol. The molecule has 1 N–H and O–H groups in total.